The van der Waals surface area contributed by atoms with Crippen molar-refractivity contribution in [1.29, 1.82) is 0 Å². The van der Waals surface area contributed by atoms with Crippen molar-refractivity contribution in [2.75, 3.05) is 0 Å². The molecule has 0 spiro atoms. The van der Waals surface area contributed by atoms with Gasteiger partial charge >= 0.3 is 6.18 Å². The maximum absolute atomic E-state index is 12.4. The molecule has 0 aliphatic heterocycles. The van der Waals surface area contributed by atoms with Gasteiger partial charge in [-0.15, -0.1) is 0 Å². The van der Waals surface area contributed by atoms with Crippen molar-refractivity contribution in [2.45, 2.75) is 19.1 Å². The predicted octanol–water partition coefficient (Wildman–Crippen LogP) is 3.15. The molecule has 16 heavy (non-hydrogen) atoms. The molecule has 0 saturated carbocycles. The van der Waals surface area contributed by atoms with Gasteiger partial charge in [-0.1, -0.05) is 11.6 Å². The summed E-state index contributed by atoms with van der Waals surface area (Å²) in [7, 11) is 0. The van der Waals surface area contributed by atoms with Crippen LogP contribution in [0.1, 0.15) is 23.4 Å². The molecule has 0 unspecified atom stereocenters. The zero-order valence-corrected chi connectivity index (χ0v) is 8.41. The molecule has 1 rings (SSSR count). The first kappa shape index (κ1) is 13.1. The number of nitrogens with zero attached hydrogens (tertiary/aromatic N) is 1. The normalized spacial score (nSPS) is 12.2. The summed E-state index contributed by atoms with van der Waals surface area (Å²) < 4.78 is 62.0. The van der Waals surface area contributed by atoms with Gasteiger partial charge in [-0.3, -0.25) is 0 Å². The molecule has 0 fully saturated rings. The summed E-state index contributed by atoms with van der Waals surface area (Å²) in [6.07, 6.45) is -8.33. The van der Waals surface area contributed by atoms with Crippen molar-refractivity contribution in [1.82, 2.24) is 4.98 Å². The second kappa shape index (κ2) is 4.50. The number of halogens is 6. The predicted molar refractivity (Wildman–Crippen MR) is 47.1 cm³/mol. The molecular formula is C8H6ClF5N2. The van der Waals surface area contributed by atoms with Gasteiger partial charge in [0, 0.05) is 6.54 Å². The smallest absolute Gasteiger partial charge is 0.325 e. The van der Waals surface area contributed by atoms with E-state index in [1.165, 1.54) is 0 Å². The first-order valence-electron chi connectivity index (χ1n) is 4.02. The summed E-state index contributed by atoms with van der Waals surface area (Å²) in [5, 5.41) is -0.683. The average Bonchev–Trinajstić information content (AvgIpc) is 2.14. The quantitative estimate of drug-likeness (QED) is 0.830. The fourth-order valence-corrected chi connectivity index (χ4v) is 1.40. The van der Waals surface area contributed by atoms with Gasteiger partial charge in [0.1, 0.15) is 0 Å². The van der Waals surface area contributed by atoms with E-state index in [1.54, 1.807) is 0 Å². The highest BCUT2D eigenvalue weighted by atomic mass is 35.5. The summed E-state index contributed by atoms with van der Waals surface area (Å²) in [6.45, 7) is -0.313. The maximum atomic E-state index is 12.4. The molecule has 0 aliphatic rings. The minimum atomic E-state index is -4.99. The van der Waals surface area contributed by atoms with Crippen molar-refractivity contribution in [3.8, 4) is 0 Å². The van der Waals surface area contributed by atoms with E-state index in [9.17, 15) is 22.0 Å². The number of hydrogen-bond acceptors (Lipinski definition) is 2. The molecular weight excluding hydrogens is 255 g/mol. The molecule has 1 aromatic heterocycles. The second-order valence-corrected chi connectivity index (χ2v) is 3.27. The molecule has 0 bridgehead atoms. The number of pyridine rings is 1. The van der Waals surface area contributed by atoms with E-state index < -0.39 is 28.9 Å². The summed E-state index contributed by atoms with van der Waals surface area (Å²) in [6, 6.07) is 0.901. The largest absolute Gasteiger partial charge is 0.433 e. The Morgan fingerprint density at radius 2 is 1.94 bits per heavy atom. The van der Waals surface area contributed by atoms with Gasteiger partial charge < -0.3 is 5.73 Å². The molecule has 90 valence electrons. The number of aromatic nitrogens is 1. The third-order valence-electron chi connectivity index (χ3n) is 1.76. The van der Waals surface area contributed by atoms with Gasteiger partial charge in [0.15, 0.2) is 5.69 Å². The van der Waals surface area contributed by atoms with E-state index in [1.807, 2.05) is 0 Å². The van der Waals surface area contributed by atoms with Crippen LogP contribution in [0.3, 0.4) is 0 Å². The van der Waals surface area contributed by atoms with Crippen LogP contribution < -0.4 is 5.73 Å². The first-order chi connectivity index (χ1) is 7.27. The second-order valence-electron chi connectivity index (χ2n) is 2.86. The molecule has 0 saturated heterocycles. The zero-order valence-electron chi connectivity index (χ0n) is 7.65. The number of alkyl halides is 5. The minimum absolute atomic E-state index is 0.193. The Morgan fingerprint density at radius 3 is 2.31 bits per heavy atom. The lowest BCUT2D eigenvalue weighted by molar-refractivity contribution is -0.143. The van der Waals surface area contributed by atoms with Gasteiger partial charge in [0.05, 0.1) is 16.3 Å². The highest BCUT2D eigenvalue weighted by Gasteiger charge is 2.39. The molecule has 0 radical (unpaired) electrons. The van der Waals surface area contributed by atoms with Gasteiger partial charge in [-0.2, -0.15) is 13.2 Å². The van der Waals surface area contributed by atoms with Crippen LogP contribution in [0.4, 0.5) is 22.0 Å². The molecule has 2 N–H and O–H groups in total. The molecule has 0 amide bonds. The third kappa shape index (κ3) is 2.59. The van der Waals surface area contributed by atoms with Crippen LogP contribution in [-0.2, 0) is 12.7 Å². The van der Waals surface area contributed by atoms with Gasteiger partial charge in [-0.05, 0) is 6.07 Å². The van der Waals surface area contributed by atoms with E-state index in [4.69, 9.17) is 17.3 Å². The van der Waals surface area contributed by atoms with Crippen LogP contribution >= 0.6 is 11.6 Å². The van der Waals surface area contributed by atoms with E-state index in [0.717, 1.165) is 6.07 Å². The monoisotopic (exact) mass is 260 g/mol. The Bertz CT molecular complexity index is 391. The summed E-state index contributed by atoms with van der Waals surface area (Å²) in [5.41, 5.74) is 1.89. The molecule has 0 aromatic carbocycles. The van der Waals surface area contributed by atoms with E-state index >= 15 is 0 Å². The summed E-state index contributed by atoms with van der Waals surface area (Å²) in [4.78, 5) is 3.03. The molecule has 2 nitrogen and oxygen atoms in total. The molecule has 8 heteroatoms. The number of hydrogen-bond donors (Lipinski definition) is 1. The first-order valence-corrected chi connectivity index (χ1v) is 4.40. The summed E-state index contributed by atoms with van der Waals surface area (Å²) >= 11 is 5.34. The highest BCUT2D eigenvalue weighted by molar-refractivity contribution is 6.31. The standard InChI is InChI=1S/C8H6ClF5N2/c9-4-1-3(2-15)16-6(8(12,13)14)5(4)7(10)11/h1,7H,2,15H2. The summed E-state index contributed by atoms with van der Waals surface area (Å²) in [5.74, 6) is 0. The van der Waals surface area contributed by atoms with Crippen molar-refractivity contribution < 1.29 is 22.0 Å². The van der Waals surface area contributed by atoms with Crippen molar-refractivity contribution in [3.63, 3.8) is 0 Å². The lowest BCUT2D eigenvalue weighted by Crippen LogP contribution is -2.15. The molecule has 1 aromatic rings. The van der Waals surface area contributed by atoms with Crippen LogP contribution in [0.2, 0.25) is 5.02 Å². The maximum Gasteiger partial charge on any atom is 0.433 e. The van der Waals surface area contributed by atoms with E-state index in [2.05, 4.69) is 4.98 Å². The minimum Gasteiger partial charge on any atom is -0.325 e. The number of rotatable bonds is 2. The van der Waals surface area contributed by atoms with E-state index in [-0.39, 0.29) is 12.2 Å². The Balaban J connectivity index is 3.47. The Hall–Kier alpha value is -0.950. The fourth-order valence-electron chi connectivity index (χ4n) is 1.10. The van der Waals surface area contributed by atoms with Crippen LogP contribution in [0.25, 0.3) is 0 Å². The number of nitrogens with two attached hydrogens (primary N) is 1. The lowest BCUT2D eigenvalue weighted by atomic mass is 10.1. The zero-order chi connectivity index (χ0) is 12.5. The Kier molecular flexibility index (Phi) is 3.69. The van der Waals surface area contributed by atoms with Crippen LogP contribution in [0.15, 0.2) is 6.07 Å². The van der Waals surface area contributed by atoms with Gasteiger partial charge in [0.25, 0.3) is 6.43 Å². The van der Waals surface area contributed by atoms with Crippen molar-refractivity contribution in [3.05, 3.63) is 28.0 Å². The van der Waals surface area contributed by atoms with Crippen molar-refractivity contribution in [2.24, 2.45) is 5.73 Å². The third-order valence-corrected chi connectivity index (χ3v) is 2.07. The molecule has 0 aliphatic carbocycles. The molecule has 1 heterocycles. The van der Waals surface area contributed by atoms with Crippen LogP contribution in [0, 0.1) is 0 Å². The Morgan fingerprint density at radius 1 is 1.38 bits per heavy atom. The Labute approximate surface area is 92.2 Å². The highest BCUT2D eigenvalue weighted by Crippen LogP contribution is 2.38. The fraction of sp³-hybridized carbons (Fsp3) is 0.375. The van der Waals surface area contributed by atoms with Gasteiger partial charge in [-0.25, -0.2) is 13.8 Å². The lowest BCUT2D eigenvalue weighted by Gasteiger charge is -2.14. The average molecular weight is 261 g/mol. The SMILES string of the molecule is NCc1cc(Cl)c(C(F)F)c(C(F)(F)F)n1. The van der Waals surface area contributed by atoms with Gasteiger partial charge in [0.2, 0.25) is 0 Å². The van der Waals surface area contributed by atoms with Crippen LogP contribution in [0.5, 0.6) is 0 Å². The van der Waals surface area contributed by atoms with E-state index in [0.29, 0.717) is 0 Å². The van der Waals surface area contributed by atoms with Crippen molar-refractivity contribution >= 4 is 11.6 Å². The topological polar surface area (TPSA) is 38.9 Å². The van der Waals surface area contributed by atoms with Crippen LogP contribution in [-0.4, -0.2) is 4.98 Å². The molecule has 0 atom stereocenters.